The lowest BCUT2D eigenvalue weighted by Crippen LogP contribution is -2.36. The lowest BCUT2D eigenvalue weighted by Gasteiger charge is -2.25. The maximum absolute atomic E-state index is 12.8. The smallest absolute Gasteiger partial charge is 0.263 e. The van der Waals surface area contributed by atoms with Crippen LogP contribution in [0.5, 0.6) is 0 Å². The van der Waals surface area contributed by atoms with Gasteiger partial charge in [-0.25, -0.2) is 8.42 Å². The van der Waals surface area contributed by atoms with Crippen molar-refractivity contribution in [3.8, 4) is 0 Å². The predicted octanol–water partition coefficient (Wildman–Crippen LogP) is 2.25. The van der Waals surface area contributed by atoms with Gasteiger partial charge in [-0.3, -0.25) is 9.78 Å². The minimum Gasteiger partial charge on any atom is -0.347 e. The zero-order valence-corrected chi connectivity index (χ0v) is 14.8. The molecule has 0 bridgehead atoms. The SMILES string of the molecule is O=C(NCc1ccncc1)c1sccc1S(=O)(=O)N1CCCCC1. The van der Waals surface area contributed by atoms with Crippen molar-refractivity contribution in [3.63, 3.8) is 0 Å². The van der Waals surface area contributed by atoms with E-state index in [0.29, 0.717) is 19.6 Å². The summed E-state index contributed by atoms with van der Waals surface area (Å²) in [4.78, 5) is 16.7. The maximum Gasteiger partial charge on any atom is 0.263 e. The molecule has 1 N–H and O–H groups in total. The van der Waals surface area contributed by atoms with E-state index in [1.807, 2.05) is 0 Å². The first-order valence-electron chi connectivity index (χ1n) is 7.84. The molecule has 8 heteroatoms. The van der Waals surface area contributed by atoms with E-state index in [2.05, 4.69) is 10.3 Å². The highest BCUT2D eigenvalue weighted by Gasteiger charge is 2.30. The minimum absolute atomic E-state index is 0.113. The zero-order valence-electron chi connectivity index (χ0n) is 13.1. The molecule has 128 valence electrons. The Labute approximate surface area is 145 Å². The lowest BCUT2D eigenvalue weighted by atomic mass is 10.2. The molecular formula is C16H19N3O3S2. The Morgan fingerprint density at radius 2 is 1.88 bits per heavy atom. The average molecular weight is 365 g/mol. The van der Waals surface area contributed by atoms with Crippen LogP contribution < -0.4 is 5.32 Å². The molecule has 0 spiro atoms. The third kappa shape index (κ3) is 3.66. The van der Waals surface area contributed by atoms with Crippen LogP contribution in [0.3, 0.4) is 0 Å². The number of thiophene rings is 1. The monoisotopic (exact) mass is 365 g/mol. The first-order chi connectivity index (χ1) is 11.6. The summed E-state index contributed by atoms with van der Waals surface area (Å²) < 4.78 is 27.1. The number of piperidine rings is 1. The quantitative estimate of drug-likeness (QED) is 0.881. The molecule has 1 fully saturated rings. The highest BCUT2D eigenvalue weighted by Crippen LogP contribution is 2.27. The van der Waals surface area contributed by atoms with Gasteiger partial charge < -0.3 is 5.32 Å². The number of carbonyl (C=O) groups is 1. The van der Waals surface area contributed by atoms with Crippen LogP contribution in [0.25, 0.3) is 0 Å². The number of nitrogens with zero attached hydrogens (tertiary/aromatic N) is 2. The molecule has 1 saturated heterocycles. The molecule has 1 amide bonds. The highest BCUT2D eigenvalue weighted by molar-refractivity contribution is 7.89. The van der Waals surface area contributed by atoms with Crippen LogP contribution in [0.2, 0.25) is 0 Å². The number of sulfonamides is 1. The third-order valence-electron chi connectivity index (χ3n) is 3.97. The summed E-state index contributed by atoms with van der Waals surface area (Å²) in [6.07, 6.45) is 6.09. The molecule has 2 aromatic rings. The van der Waals surface area contributed by atoms with Gasteiger partial charge in [0.25, 0.3) is 5.91 Å². The van der Waals surface area contributed by atoms with Crippen LogP contribution >= 0.6 is 11.3 Å². The number of amides is 1. The number of hydrogen-bond acceptors (Lipinski definition) is 5. The molecular weight excluding hydrogens is 346 g/mol. The van der Waals surface area contributed by atoms with Gasteiger partial charge in [0.15, 0.2) is 0 Å². The van der Waals surface area contributed by atoms with Gasteiger partial charge in [0, 0.05) is 32.0 Å². The van der Waals surface area contributed by atoms with Crippen molar-refractivity contribution in [2.75, 3.05) is 13.1 Å². The normalized spacial score (nSPS) is 16.0. The van der Waals surface area contributed by atoms with E-state index >= 15 is 0 Å². The summed E-state index contributed by atoms with van der Waals surface area (Å²) in [5.74, 6) is -0.364. The summed E-state index contributed by atoms with van der Waals surface area (Å²) in [6.45, 7) is 1.38. The van der Waals surface area contributed by atoms with Crippen molar-refractivity contribution < 1.29 is 13.2 Å². The molecule has 6 nitrogen and oxygen atoms in total. The highest BCUT2D eigenvalue weighted by atomic mass is 32.2. The fourth-order valence-electron chi connectivity index (χ4n) is 2.67. The molecule has 3 heterocycles. The molecule has 0 aliphatic carbocycles. The van der Waals surface area contributed by atoms with Crippen LogP contribution in [0.15, 0.2) is 40.9 Å². The summed E-state index contributed by atoms with van der Waals surface area (Å²) in [6, 6.07) is 5.14. The van der Waals surface area contributed by atoms with E-state index < -0.39 is 10.0 Å². The molecule has 2 aromatic heterocycles. The van der Waals surface area contributed by atoms with Crippen LogP contribution in [0.1, 0.15) is 34.5 Å². The second-order valence-electron chi connectivity index (χ2n) is 5.62. The fraction of sp³-hybridized carbons (Fsp3) is 0.375. The van der Waals surface area contributed by atoms with E-state index in [-0.39, 0.29) is 15.7 Å². The van der Waals surface area contributed by atoms with Gasteiger partial charge in [-0.15, -0.1) is 11.3 Å². The molecule has 24 heavy (non-hydrogen) atoms. The molecule has 1 aliphatic rings. The Kier molecular flexibility index (Phi) is 5.27. The standard InChI is InChI=1S/C16H19N3O3S2/c20-16(18-12-13-4-7-17-8-5-13)15-14(6-11-23-15)24(21,22)19-9-2-1-3-10-19/h4-8,11H,1-3,9-10,12H2,(H,18,20). The second kappa shape index (κ2) is 7.42. The molecule has 1 aliphatic heterocycles. The Balaban J connectivity index is 1.75. The number of rotatable bonds is 5. The van der Waals surface area contributed by atoms with Crippen molar-refractivity contribution in [1.82, 2.24) is 14.6 Å². The summed E-state index contributed by atoms with van der Waals surface area (Å²) in [7, 11) is -3.60. The minimum atomic E-state index is -3.60. The topological polar surface area (TPSA) is 79.4 Å². The summed E-state index contributed by atoms with van der Waals surface area (Å²) in [5.41, 5.74) is 0.912. The summed E-state index contributed by atoms with van der Waals surface area (Å²) >= 11 is 1.15. The molecule has 0 radical (unpaired) electrons. The van der Waals surface area contributed by atoms with Gasteiger partial charge in [-0.05, 0) is 42.0 Å². The number of hydrogen-bond donors (Lipinski definition) is 1. The number of carbonyl (C=O) groups excluding carboxylic acids is 1. The van der Waals surface area contributed by atoms with Gasteiger partial charge in [-0.1, -0.05) is 6.42 Å². The van der Waals surface area contributed by atoms with E-state index in [9.17, 15) is 13.2 Å². The van der Waals surface area contributed by atoms with Crippen molar-refractivity contribution in [3.05, 3.63) is 46.4 Å². The van der Waals surface area contributed by atoms with E-state index in [4.69, 9.17) is 0 Å². The van der Waals surface area contributed by atoms with Gasteiger partial charge in [-0.2, -0.15) is 4.31 Å². The molecule has 0 atom stereocenters. The van der Waals surface area contributed by atoms with Crippen molar-refractivity contribution >= 4 is 27.3 Å². The first-order valence-corrected chi connectivity index (χ1v) is 10.2. The van der Waals surface area contributed by atoms with Gasteiger partial charge >= 0.3 is 0 Å². The lowest BCUT2D eigenvalue weighted by molar-refractivity contribution is 0.0952. The van der Waals surface area contributed by atoms with Gasteiger partial charge in [0.05, 0.1) is 0 Å². The van der Waals surface area contributed by atoms with E-state index in [0.717, 1.165) is 36.2 Å². The average Bonchev–Trinajstić information content (AvgIpc) is 3.12. The van der Waals surface area contributed by atoms with Crippen LogP contribution in [-0.2, 0) is 16.6 Å². The van der Waals surface area contributed by atoms with Gasteiger partial charge in [0.2, 0.25) is 10.0 Å². The molecule has 0 saturated carbocycles. The predicted molar refractivity (Wildman–Crippen MR) is 92.3 cm³/mol. The third-order valence-corrected chi connectivity index (χ3v) is 6.95. The second-order valence-corrected chi connectivity index (χ2v) is 8.44. The largest absolute Gasteiger partial charge is 0.347 e. The Morgan fingerprint density at radius 1 is 1.17 bits per heavy atom. The van der Waals surface area contributed by atoms with Crippen molar-refractivity contribution in [2.24, 2.45) is 0 Å². The Morgan fingerprint density at radius 3 is 2.58 bits per heavy atom. The number of aromatic nitrogens is 1. The molecule has 0 aromatic carbocycles. The van der Waals surface area contributed by atoms with Crippen LogP contribution in [-0.4, -0.2) is 36.7 Å². The van der Waals surface area contributed by atoms with Crippen molar-refractivity contribution in [1.29, 1.82) is 0 Å². The van der Waals surface area contributed by atoms with Crippen LogP contribution in [0.4, 0.5) is 0 Å². The number of nitrogens with one attached hydrogen (secondary N) is 1. The van der Waals surface area contributed by atoms with E-state index in [1.165, 1.54) is 10.4 Å². The van der Waals surface area contributed by atoms with Crippen molar-refractivity contribution in [2.45, 2.75) is 30.7 Å². The van der Waals surface area contributed by atoms with Crippen LogP contribution in [0, 0.1) is 0 Å². The van der Waals surface area contributed by atoms with E-state index in [1.54, 1.807) is 29.9 Å². The summed E-state index contributed by atoms with van der Waals surface area (Å²) in [5, 5.41) is 4.43. The number of pyridine rings is 1. The Hall–Kier alpha value is -1.77. The zero-order chi connectivity index (χ0) is 17.0. The fourth-order valence-corrected chi connectivity index (χ4v) is 5.51. The Bertz CT molecular complexity index is 797. The molecule has 3 rings (SSSR count). The van der Waals surface area contributed by atoms with Gasteiger partial charge in [0.1, 0.15) is 9.77 Å². The molecule has 0 unspecified atom stereocenters. The first kappa shape index (κ1) is 17.1. The maximum atomic E-state index is 12.8.